The number of hydrogen-bond acceptors (Lipinski definition) is 4. The van der Waals surface area contributed by atoms with Crippen LogP contribution in [0.2, 0.25) is 16.6 Å². The Hall–Kier alpha value is -2.60. The van der Waals surface area contributed by atoms with Crippen LogP contribution in [-0.2, 0) is 6.42 Å². The molecule has 3 heterocycles. The number of hydrogen-bond donors (Lipinski definition) is 0. The normalized spacial score (nSPS) is 18.0. The van der Waals surface area contributed by atoms with Gasteiger partial charge in [0.05, 0.1) is 7.11 Å². The van der Waals surface area contributed by atoms with Gasteiger partial charge in [-0.1, -0.05) is 47.6 Å². The molecule has 188 valence electrons. The van der Waals surface area contributed by atoms with Crippen LogP contribution in [0.4, 0.5) is 0 Å². The minimum Gasteiger partial charge on any atom is -0.540 e. The molecule has 5 nitrogen and oxygen atoms in total. The SMILES string of the molecule is COc1cc2c(cc1O[Si](C(C)C)(C(C)C)C(C)C)CC[C@@H]1CC(c3ccc(C)nc3)=CN1C2=O. The average Bonchev–Trinajstić information content (AvgIpc) is 3.19. The van der Waals surface area contributed by atoms with Crippen molar-refractivity contribution in [2.24, 2.45) is 0 Å². The van der Waals surface area contributed by atoms with Gasteiger partial charge in [-0.15, -0.1) is 0 Å². The van der Waals surface area contributed by atoms with Gasteiger partial charge in [0.1, 0.15) is 5.75 Å². The molecule has 0 saturated heterocycles. The van der Waals surface area contributed by atoms with Crippen molar-refractivity contribution in [3.8, 4) is 11.5 Å². The second-order valence-corrected chi connectivity index (χ2v) is 16.4. The van der Waals surface area contributed by atoms with Crippen LogP contribution in [0.1, 0.15) is 81.6 Å². The molecule has 0 radical (unpaired) electrons. The Bertz CT molecular complexity index is 1100. The van der Waals surface area contributed by atoms with Crippen LogP contribution in [0.3, 0.4) is 0 Å². The maximum absolute atomic E-state index is 13.7. The molecule has 2 aromatic rings. The van der Waals surface area contributed by atoms with Gasteiger partial charge in [0, 0.05) is 29.7 Å². The summed E-state index contributed by atoms with van der Waals surface area (Å²) in [7, 11) is -0.488. The van der Waals surface area contributed by atoms with Gasteiger partial charge < -0.3 is 14.1 Å². The number of carbonyl (C=O) groups excluding carboxylic acids is 1. The highest BCUT2D eigenvalue weighted by Crippen LogP contribution is 2.46. The highest BCUT2D eigenvalue weighted by Gasteiger charge is 2.47. The number of pyridine rings is 1. The summed E-state index contributed by atoms with van der Waals surface area (Å²) in [5.74, 6) is 1.49. The maximum atomic E-state index is 13.7. The summed E-state index contributed by atoms with van der Waals surface area (Å²) in [6.07, 6.45) is 6.56. The molecule has 1 aromatic heterocycles. The molecule has 0 unspecified atom stereocenters. The first-order valence-corrected chi connectivity index (χ1v) is 15.1. The Kier molecular flexibility index (Phi) is 7.14. The van der Waals surface area contributed by atoms with Gasteiger partial charge in [-0.05, 0) is 77.7 Å². The minimum absolute atomic E-state index is 0.0440. The number of aryl methyl sites for hydroxylation is 2. The molecular weight excluding hydrogens is 452 g/mol. The van der Waals surface area contributed by atoms with Crippen molar-refractivity contribution < 1.29 is 14.0 Å². The first kappa shape index (κ1) is 25.5. The van der Waals surface area contributed by atoms with E-state index in [-0.39, 0.29) is 11.9 Å². The highest BCUT2D eigenvalue weighted by atomic mass is 28.4. The smallest absolute Gasteiger partial charge is 0.258 e. The van der Waals surface area contributed by atoms with E-state index < -0.39 is 8.32 Å². The fourth-order valence-electron chi connectivity index (χ4n) is 6.25. The third-order valence-corrected chi connectivity index (χ3v) is 14.0. The van der Waals surface area contributed by atoms with Crippen LogP contribution in [0.15, 0.2) is 36.7 Å². The molecule has 6 heteroatoms. The topological polar surface area (TPSA) is 51.7 Å². The van der Waals surface area contributed by atoms with E-state index in [2.05, 4.69) is 58.7 Å². The number of methoxy groups -OCH3 is 1. The zero-order valence-corrected chi connectivity index (χ0v) is 23.5. The number of benzene rings is 1. The van der Waals surface area contributed by atoms with Crippen molar-refractivity contribution in [2.75, 3.05) is 7.11 Å². The van der Waals surface area contributed by atoms with Crippen LogP contribution in [0.25, 0.3) is 5.57 Å². The molecule has 0 spiro atoms. The largest absolute Gasteiger partial charge is 0.540 e. The fourth-order valence-corrected chi connectivity index (χ4v) is 11.5. The van der Waals surface area contributed by atoms with Gasteiger partial charge >= 0.3 is 0 Å². The quantitative estimate of drug-likeness (QED) is 0.385. The third-order valence-electron chi connectivity index (χ3n) is 8.02. The molecule has 1 atom stereocenters. The van der Waals surface area contributed by atoms with Gasteiger partial charge in [0.15, 0.2) is 5.75 Å². The Morgan fingerprint density at radius 3 is 2.29 bits per heavy atom. The molecule has 2 aliphatic rings. The van der Waals surface area contributed by atoms with E-state index in [1.807, 2.05) is 36.4 Å². The van der Waals surface area contributed by atoms with E-state index in [4.69, 9.17) is 9.16 Å². The molecule has 0 aliphatic carbocycles. The number of rotatable bonds is 7. The monoisotopic (exact) mass is 492 g/mol. The summed E-state index contributed by atoms with van der Waals surface area (Å²) in [6.45, 7) is 15.7. The zero-order chi connectivity index (χ0) is 25.5. The number of aromatic nitrogens is 1. The molecule has 0 fully saturated rings. The van der Waals surface area contributed by atoms with Crippen molar-refractivity contribution in [3.63, 3.8) is 0 Å². The summed E-state index contributed by atoms with van der Waals surface area (Å²) in [4.78, 5) is 20.1. The number of ether oxygens (including phenoxy) is 1. The number of carbonyl (C=O) groups is 1. The second-order valence-electron chi connectivity index (χ2n) is 11.0. The van der Waals surface area contributed by atoms with Crippen molar-refractivity contribution in [1.29, 1.82) is 0 Å². The van der Waals surface area contributed by atoms with E-state index in [0.29, 0.717) is 22.4 Å². The molecule has 35 heavy (non-hydrogen) atoms. The Balaban J connectivity index is 1.70. The Labute approximate surface area is 211 Å². The lowest BCUT2D eigenvalue weighted by Crippen LogP contribution is -2.50. The van der Waals surface area contributed by atoms with Crippen molar-refractivity contribution >= 4 is 19.8 Å². The molecule has 1 amide bonds. The third kappa shape index (κ3) is 4.53. The Morgan fingerprint density at radius 1 is 1.03 bits per heavy atom. The summed E-state index contributed by atoms with van der Waals surface area (Å²) in [5.41, 5.74) is 6.42. The molecule has 1 aromatic carbocycles. The molecular formula is C29H40N2O3Si. The van der Waals surface area contributed by atoms with Gasteiger partial charge in [0.25, 0.3) is 14.2 Å². The molecule has 0 N–H and O–H groups in total. The molecule has 4 rings (SSSR count). The van der Waals surface area contributed by atoms with Crippen molar-refractivity contribution in [3.05, 3.63) is 59.0 Å². The first-order chi connectivity index (χ1) is 16.6. The summed E-state index contributed by atoms with van der Waals surface area (Å²) in [6, 6.07) is 8.29. The minimum atomic E-state index is -2.16. The standard InChI is InChI=1S/C29H40N2O3Si/c1-18(2)35(19(3)4,20(5)6)34-28-14-22-11-12-25-13-24(23-10-9-21(7)30-16-23)17-31(25)29(32)26(22)15-27(28)33-8/h9-10,14-20,25H,11-13H2,1-8H3/t25-/m1/s1. The van der Waals surface area contributed by atoms with Crippen LogP contribution in [0, 0.1) is 6.92 Å². The first-order valence-electron chi connectivity index (χ1n) is 12.9. The maximum Gasteiger partial charge on any atom is 0.258 e. The van der Waals surface area contributed by atoms with Gasteiger partial charge in [-0.2, -0.15) is 0 Å². The zero-order valence-electron chi connectivity index (χ0n) is 22.5. The fraction of sp³-hybridized carbons (Fsp3) is 0.517. The molecule has 2 aliphatic heterocycles. The second kappa shape index (κ2) is 9.80. The van der Waals surface area contributed by atoms with E-state index in [1.54, 1.807) is 7.11 Å². The van der Waals surface area contributed by atoms with Crippen LogP contribution in [0.5, 0.6) is 11.5 Å². The predicted molar refractivity (Wildman–Crippen MR) is 145 cm³/mol. The summed E-state index contributed by atoms with van der Waals surface area (Å²) < 4.78 is 12.8. The van der Waals surface area contributed by atoms with Crippen LogP contribution < -0.4 is 9.16 Å². The molecule has 0 bridgehead atoms. The Morgan fingerprint density at radius 2 is 1.71 bits per heavy atom. The van der Waals surface area contributed by atoms with Crippen LogP contribution >= 0.6 is 0 Å². The molecule has 0 saturated carbocycles. The lowest BCUT2D eigenvalue weighted by molar-refractivity contribution is 0.0788. The van der Waals surface area contributed by atoms with Gasteiger partial charge in [0.2, 0.25) is 0 Å². The van der Waals surface area contributed by atoms with E-state index in [9.17, 15) is 4.79 Å². The van der Waals surface area contributed by atoms with Crippen molar-refractivity contribution in [2.45, 2.75) is 90.4 Å². The lowest BCUT2D eigenvalue weighted by Gasteiger charge is -2.42. The summed E-state index contributed by atoms with van der Waals surface area (Å²) >= 11 is 0. The summed E-state index contributed by atoms with van der Waals surface area (Å²) in [5, 5.41) is 0. The van der Waals surface area contributed by atoms with Gasteiger partial charge in [-0.3, -0.25) is 9.78 Å². The number of nitrogens with zero attached hydrogens (tertiary/aromatic N) is 2. The van der Waals surface area contributed by atoms with E-state index in [0.717, 1.165) is 47.4 Å². The van der Waals surface area contributed by atoms with Crippen molar-refractivity contribution in [1.82, 2.24) is 9.88 Å². The number of amides is 1. The van der Waals surface area contributed by atoms with Crippen LogP contribution in [-0.4, -0.2) is 37.3 Å². The average molecular weight is 493 g/mol. The highest BCUT2D eigenvalue weighted by molar-refractivity contribution is 6.78. The number of fused-ring (bicyclic) bond motifs is 2. The van der Waals surface area contributed by atoms with E-state index >= 15 is 0 Å². The van der Waals surface area contributed by atoms with Gasteiger partial charge in [-0.25, -0.2) is 0 Å². The predicted octanol–water partition coefficient (Wildman–Crippen LogP) is 7.15. The lowest BCUT2D eigenvalue weighted by atomic mass is 9.98. The van der Waals surface area contributed by atoms with E-state index in [1.165, 1.54) is 5.57 Å².